The van der Waals surface area contributed by atoms with Crippen LogP contribution in [-0.4, -0.2) is 25.0 Å². The van der Waals surface area contributed by atoms with E-state index in [4.69, 9.17) is 13.9 Å². The lowest BCUT2D eigenvalue weighted by molar-refractivity contribution is 0.354. The molecule has 160 valence electrons. The first-order chi connectivity index (χ1) is 15.0. The van der Waals surface area contributed by atoms with Gasteiger partial charge in [-0.15, -0.1) is 0 Å². The van der Waals surface area contributed by atoms with Gasteiger partial charge in [-0.05, 0) is 61.1 Å². The maximum atomic E-state index is 12.3. The lowest BCUT2D eigenvalue weighted by atomic mass is 9.92. The molecule has 0 unspecified atom stereocenters. The van der Waals surface area contributed by atoms with Crippen LogP contribution in [0.5, 0.6) is 17.2 Å². The number of rotatable bonds is 4. The molecule has 0 amide bonds. The number of nitrogens with one attached hydrogen (secondary N) is 1. The Bertz CT molecular complexity index is 1290. The van der Waals surface area contributed by atoms with E-state index in [1.165, 1.54) is 0 Å². The minimum absolute atomic E-state index is 0.0521. The highest BCUT2D eigenvalue weighted by Gasteiger charge is 2.29. The number of benzene rings is 2. The maximum absolute atomic E-state index is 12.3. The molecular weight excluding hydrogens is 396 g/mol. The molecule has 7 nitrogen and oxygen atoms in total. The molecule has 0 radical (unpaired) electrons. The third kappa shape index (κ3) is 3.03. The van der Waals surface area contributed by atoms with Crippen LogP contribution in [-0.2, 0) is 12.8 Å². The highest BCUT2D eigenvalue weighted by molar-refractivity contribution is 6.09. The number of nitrogens with zero attached hydrogens (tertiary/aromatic N) is 1. The van der Waals surface area contributed by atoms with Gasteiger partial charge in [0.1, 0.15) is 11.3 Å². The van der Waals surface area contributed by atoms with E-state index in [1.54, 1.807) is 14.2 Å². The fraction of sp³-hybridized carbons (Fsp3) is 0.333. The van der Waals surface area contributed by atoms with Crippen LogP contribution >= 0.6 is 0 Å². The summed E-state index contributed by atoms with van der Waals surface area (Å²) in [5.41, 5.74) is 8.23. The van der Waals surface area contributed by atoms with Crippen molar-refractivity contribution in [2.24, 2.45) is 5.10 Å². The number of hydrazone groups is 1. The maximum Gasteiger partial charge on any atom is 0.339 e. The summed E-state index contributed by atoms with van der Waals surface area (Å²) in [6.45, 7) is 1.90. The number of methoxy groups -OCH3 is 2. The smallest absolute Gasteiger partial charge is 0.339 e. The van der Waals surface area contributed by atoms with Crippen LogP contribution in [0.4, 0.5) is 0 Å². The summed E-state index contributed by atoms with van der Waals surface area (Å²) < 4.78 is 16.3. The standard InChI is InChI=1S/C24H24N2O5/c1-12-9-20-22(14-5-4-6-15(14)24(28)31-20)23(27)21(12)17-11-16(25-26-17)13-7-8-18(29-2)19(10-13)30-3/h7-10,16,25,27H,4-6,11H2,1-3H3/t16-/m0/s1. The lowest BCUT2D eigenvalue weighted by Crippen LogP contribution is -2.11. The van der Waals surface area contributed by atoms with E-state index in [0.717, 1.165) is 35.2 Å². The number of phenolic OH excluding ortho intramolecular Hbond substituents is 1. The van der Waals surface area contributed by atoms with Crippen LogP contribution in [0.1, 0.15) is 46.7 Å². The molecule has 2 aliphatic rings. The van der Waals surface area contributed by atoms with Crippen molar-refractivity contribution in [2.45, 2.75) is 38.6 Å². The number of phenols is 1. The van der Waals surface area contributed by atoms with Crippen molar-refractivity contribution in [3.8, 4) is 17.2 Å². The molecule has 2 N–H and O–H groups in total. The molecule has 0 saturated heterocycles. The van der Waals surface area contributed by atoms with E-state index < -0.39 is 0 Å². The third-order valence-corrected chi connectivity index (χ3v) is 6.28. The molecule has 0 bridgehead atoms. The summed E-state index contributed by atoms with van der Waals surface area (Å²) in [5, 5.41) is 16.4. The molecule has 1 atom stereocenters. The monoisotopic (exact) mass is 420 g/mol. The topological polar surface area (TPSA) is 93.3 Å². The van der Waals surface area contributed by atoms with E-state index in [-0.39, 0.29) is 17.4 Å². The first-order valence-corrected chi connectivity index (χ1v) is 10.4. The minimum atomic E-state index is -0.292. The first kappa shape index (κ1) is 19.5. The van der Waals surface area contributed by atoms with E-state index >= 15 is 0 Å². The van der Waals surface area contributed by atoms with Gasteiger partial charge in [0, 0.05) is 17.5 Å². The number of aromatic hydroxyl groups is 1. The van der Waals surface area contributed by atoms with Gasteiger partial charge < -0.3 is 24.4 Å². The third-order valence-electron chi connectivity index (χ3n) is 6.28. The first-order valence-electron chi connectivity index (χ1n) is 10.4. The highest BCUT2D eigenvalue weighted by atomic mass is 16.5. The Morgan fingerprint density at radius 3 is 2.68 bits per heavy atom. The molecule has 7 heteroatoms. The van der Waals surface area contributed by atoms with Crippen LogP contribution in [0, 0.1) is 6.92 Å². The van der Waals surface area contributed by atoms with Crippen molar-refractivity contribution in [2.75, 3.05) is 14.2 Å². The Balaban J connectivity index is 1.54. The van der Waals surface area contributed by atoms with Gasteiger partial charge in [0.25, 0.3) is 0 Å². The summed E-state index contributed by atoms with van der Waals surface area (Å²) in [6, 6.07) is 7.56. The van der Waals surface area contributed by atoms with Gasteiger partial charge in [0.2, 0.25) is 0 Å². The second kappa shape index (κ2) is 7.34. The van der Waals surface area contributed by atoms with Crippen LogP contribution in [0.25, 0.3) is 11.0 Å². The van der Waals surface area contributed by atoms with Gasteiger partial charge in [0.15, 0.2) is 11.5 Å². The number of fused-ring (bicyclic) bond motifs is 3. The number of hydrogen-bond acceptors (Lipinski definition) is 7. The predicted octanol–water partition coefficient (Wildman–Crippen LogP) is 3.75. The summed E-state index contributed by atoms with van der Waals surface area (Å²) in [6.07, 6.45) is 2.97. The van der Waals surface area contributed by atoms with Gasteiger partial charge in [0.05, 0.1) is 31.4 Å². The van der Waals surface area contributed by atoms with Crippen LogP contribution in [0.2, 0.25) is 0 Å². The van der Waals surface area contributed by atoms with Crippen molar-refractivity contribution >= 4 is 16.7 Å². The molecule has 31 heavy (non-hydrogen) atoms. The number of ether oxygens (including phenoxy) is 2. The molecule has 1 aliphatic heterocycles. The molecule has 2 heterocycles. The summed E-state index contributed by atoms with van der Waals surface area (Å²) >= 11 is 0. The molecule has 1 aliphatic carbocycles. The average molecular weight is 420 g/mol. The van der Waals surface area contributed by atoms with Crippen molar-refractivity contribution in [1.29, 1.82) is 0 Å². The molecule has 5 rings (SSSR count). The Morgan fingerprint density at radius 1 is 1.13 bits per heavy atom. The molecule has 1 aromatic heterocycles. The largest absolute Gasteiger partial charge is 0.506 e. The van der Waals surface area contributed by atoms with Gasteiger partial charge in [-0.1, -0.05) is 6.07 Å². The van der Waals surface area contributed by atoms with E-state index in [0.29, 0.717) is 46.4 Å². The van der Waals surface area contributed by atoms with E-state index in [1.807, 2.05) is 31.2 Å². The number of aryl methyl sites for hydroxylation is 2. The second-order valence-electron chi connectivity index (χ2n) is 8.05. The Hall–Kier alpha value is -3.48. The quantitative estimate of drug-likeness (QED) is 0.625. The van der Waals surface area contributed by atoms with Crippen molar-refractivity contribution in [3.05, 3.63) is 62.5 Å². The zero-order valence-electron chi connectivity index (χ0n) is 17.7. The SMILES string of the molecule is COc1ccc([C@@H]2CC(c3c(C)cc4oc(=O)c5c(c4c3O)CCC5)=NN2)cc1OC. The summed E-state index contributed by atoms with van der Waals surface area (Å²) in [4.78, 5) is 12.3. The second-order valence-corrected chi connectivity index (χ2v) is 8.05. The Morgan fingerprint density at radius 2 is 1.90 bits per heavy atom. The summed E-state index contributed by atoms with van der Waals surface area (Å²) in [5.74, 6) is 1.47. The lowest BCUT2D eigenvalue weighted by Gasteiger charge is -2.15. The minimum Gasteiger partial charge on any atom is -0.506 e. The van der Waals surface area contributed by atoms with Crippen LogP contribution in [0.3, 0.4) is 0 Å². The van der Waals surface area contributed by atoms with Crippen LogP contribution < -0.4 is 20.5 Å². The van der Waals surface area contributed by atoms with E-state index in [2.05, 4.69) is 10.5 Å². The molecule has 3 aromatic rings. The zero-order chi connectivity index (χ0) is 21.7. The summed E-state index contributed by atoms with van der Waals surface area (Å²) in [7, 11) is 3.22. The molecule has 0 saturated carbocycles. The van der Waals surface area contributed by atoms with Crippen molar-refractivity contribution < 1.29 is 19.0 Å². The fourth-order valence-electron chi connectivity index (χ4n) is 4.77. The van der Waals surface area contributed by atoms with Gasteiger partial charge in [-0.2, -0.15) is 5.10 Å². The molecule has 2 aromatic carbocycles. The molecular formula is C24H24N2O5. The van der Waals surface area contributed by atoms with Gasteiger partial charge in [-0.3, -0.25) is 0 Å². The highest BCUT2D eigenvalue weighted by Crippen LogP contribution is 2.40. The van der Waals surface area contributed by atoms with Crippen molar-refractivity contribution in [3.63, 3.8) is 0 Å². The van der Waals surface area contributed by atoms with Gasteiger partial charge >= 0.3 is 5.63 Å². The average Bonchev–Trinajstić information content (AvgIpc) is 3.43. The van der Waals surface area contributed by atoms with Crippen molar-refractivity contribution in [1.82, 2.24) is 5.43 Å². The number of hydrogen-bond donors (Lipinski definition) is 2. The molecule has 0 spiro atoms. The Labute approximate surface area is 179 Å². The Kier molecular flexibility index (Phi) is 4.61. The molecule has 0 fully saturated rings. The van der Waals surface area contributed by atoms with Gasteiger partial charge in [-0.25, -0.2) is 4.79 Å². The van der Waals surface area contributed by atoms with E-state index in [9.17, 15) is 9.90 Å². The predicted molar refractivity (Wildman–Crippen MR) is 117 cm³/mol. The zero-order valence-corrected chi connectivity index (χ0v) is 17.7. The van der Waals surface area contributed by atoms with Crippen LogP contribution in [0.15, 0.2) is 38.6 Å². The normalized spacial score (nSPS) is 17.4. The fourth-order valence-corrected chi connectivity index (χ4v) is 4.77.